The quantitative estimate of drug-likeness (QED) is 0.848. The Morgan fingerprint density at radius 2 is 2.00 bits per heavy atom. The summed E-state index contributed by atoms with van der Waals surface area (Å²) >= 11 is 2.32. The molecule has 0 spiro atoms. The summed E-state index contributed by atoms with van der Waals surface area (Å²) in [6.45, 7) is 4.76. The van der Waals surface area contributed by atoms with E-state index in [4.69, 9.17) is 0 Å². The highest BCUT2D eigenvalue weighted by Crippen LogP contribution is 2.08. The van der Waals surface area contributed by atoms with Crippen LogP contribution in [0.5, 0.6) is 0 Å². The van der Waals surface area contributed by atoms with Crippen molar-refractivity contribution in [2.75, 3.05) is 6.54 Å². The lowest BCUT2D eigenvalue weighted by atomic mass is 10.2. The molecule has 1 heterocycles. The first-order chi connectivity index (χ1) is 8.28. The van der Waals surface area contributed by atoms with Gasteiger partial charge in [-0.05, 0) is 52.9 Å². The van der Waals surface area contributed by atoms with E-state index < -0.39 is 0 Å². The fraction of sp³-hybridized carbons (Fsp3) is 0.308. The van der Waals surface area contributed by atoms with Gasteiger partial charge in [0.15, 0.2) is 0 Å². The number of rotatable bonds is 5. The van der Waals surface area contributed by atoms with E-state index in [1.807, 2.05) is 10.9 Å². The normalized spacial score (nSPS) is 10.7. The summed E-state index contributed by atoms with van der Waals surface area (Å²) in [7, 11) is 0. The molecule has 2 aromatic rings. The average Bonchev–Trinajstić information content (AvgIpc) is 2.77. The van der Waals surface area contributed by atoms with Gasteiger partial charge in [-0.1, -0.05) is 19.1 Å². The predicted octanol–water partition coefficient (Wildman–Crippen LogP) is 2.65. The average molecular weight is 341 g/mol. The Morgan fingerprint density at radius 1 is 1.24 bits per heavy atom. The summed E-state index contributed by atoms with van der Waals surface area (Å²) in [5, 5.41) is 7.79. The first kappa shape index (κ1) is 12.6. The zero-order chi connectivity index (χ0) is 12.1. The molecule has 17 heavy (non-hydrogen) atoms. The molecule has 0 aliphatic carbocycles. The second-order valence-electron chi connectivity index (χ2n) is 3.91. The predicted molar refractivity (Wildman–Crippen MR) is 77.9 cm³/mol. The van der Waals surface area contributed by atoms with Crippen LogP contribution in [0, 0.1) is 3.57 Å². The van der Waals surface area contributed by atoms with Crippen molar-refractivity contribution in [3.05, 3.63) is 51.4 Å². The lowest BCUT2D eigenvalue weighted by Crippen LogP contribution is -2.12. The monoisotopic (exact) mass is 341 g/mol. The SMILES string of the molecule is CCNCc1ccn(Cc2ccc(I)cc2)n1. The van der Waals surface area contributed by atoms with Crippen LogP contribution in [-0.4, -0.2) is 16.3 Å². The molecule has 0 fully saturated rings. The maximum absolute atomic E-state index is 4.52. The fourth-order valence-electron chi connectivity index (χ4n) is 1.62. The Balaban J connectivity index is 1.98. The maximum Gasteiger partial charge on any atom is 0.0762 e. The molecular formula is C13H16IN3. The molecule has 0 unspecified atom stereocenters. The zero-order valence-corrected chi connectivity index (χ0v) is 12.0. The van der Waals surface area contributed by atoms with Gasteiger partial charge in [-0.2, -0.15) is 5.10 Å². The first-order valence-corrected chi connectivity index (χ1v) is 6.83. The van der Waals surface area contributed by atoms with Crippen LogP contribution in [0.25, 0.3) is 0 Å². The zero-order valence-electron chi connectivity index (χ0n) is 9.86. The number of hydrogen-bond acceptors (Lipinski definition) is 2. The van der Waals surface area contributed by atoms with Crippen molar-refractivity contribution in [2.45, 2.75) is 20.0 Å². The Morgan fingerprint density at radius 3 is 2.71 bits per heavy atom. The first-order valence-electron chi connectivity index (χ1n) is 5.75. The summed E-state index contributed by atoms with van der Waals surface area (Å²) in [5.41, 5.74) is 2.38. The largest absolute Gasteiger partial charge is 0.311 e. The highest BCUT2D eigenvalue weighted by atomic mass is 127. The smallest absolute Gasteiger partial charge is 0.0762 e. The van der Waals surface area contributed by atoms with Crippen molar-refractivity contribution >= 4 is 22.6 Å². The van der Waals surface area contributed by atoms with Gasteiger partial charge in [0.2, 0.25) is 0 Å². The summed E-state index contributed by atoms with van der Waals surface area (Å²) in [6.07, 6.45) is 2.03. The molecule has 0 bridgehead atoms. The van der Waals surface area contributed by atoms with Crippen molar-refractivity contribution in [2.24, 2.45) is 0 Å². The van der Waals surface area contributed by atoms with Gasteiger partial charge >= 0.3 is 0 Å². The highest BCUT2D eigenvalue weighted by molar-refractivity contribution is 14.1. The third-order valence-electron chi connectivity index (χ3n) is 2.51. The molecule has 1 N–H and O–H groups in total. The molecule has 4 heteroatoms. The van der Waals surface area contributed by atoms with Crippen molar-refractivity contribution < 1.29 is 0 Å². The molecular weight excluding hydrogens is 325 g/mol. The van der Waals surface area contributed by atoms with E-state index >= 15 is 0 Å². The van der Waals surface area contributed by atoms with E-state index in [2.05, 4.69) is 70.3 Å². The Kier molecular flexibility index (Phi) is 4.56. The molecule has 0 atom stereocenters. The molecule has 1 aromatic heterocycles. The summed E-state index contributed by atoms with van der Waals surface area (Å²) in [6, 6.07) is 10.6. The Bertz CT molecular complexity index is 462. The fourth-order valence-corrected chi connectivity index (χ4v) is 1.98. The third-order valence-corrected chi connectivity index (χ3v) is 3.23. The van der Waals surface area contributed by atoms with E-state index in [-0.39, 0.29) is 0 Å². The topological polar surface area (TPSA) is 29.9 Å². The lowest BCUT2D eigenvalue weighted by molar-refractivity contribution is 0.644. The van der Waals surface area contributed by atoms with Crippen LogP contribution in [0.1, 0.15) is 18.2 Å². The van der Waals surface area contributed by atoms with E-state index in [1.165, 1.54) is 9.13 Å². The molecule has 0 amide bonds. The number of nitrogens with zero attached hydrogens (tertiary/aromatic N) is 2. The lowest BCUT2D eigenvalue weighted by Gasteiger charge is -2.02. The molecule has 1 aromatic carbocycles. The van der Waals surface area contributed by atoms with Crippen LogP contribution in [0.4, 0.5) is 0 Å². The summed E-state index contributed by atoms with van der Waals surface area (Å²) in [4.78, 5) is 0. The second-order valence-corrected chi connectivity index (χ2v) is 5.16. The number of halogens is 1. The second kappa shape index (κ2) is 6.16. The third kappa shape index (κ3) is 3.81. The number of benzene rings is 1. The van der Waals surface area contributed by atoms with Gasteiger partial charge in [-0.25, -0.2) is 0 Å². The minimum absolute atomic E-state index is 0.836. The van der Waals surface area contributed by atoms with Gasteiger partial charge in [-0.15, -0.1) is 0 Å². The van der Waals surface area contributed by atoms with Gasteiger partial charge in [0, 0.05) is 16.3 Å². The summed E-state index contributed by atoms with van der Waals surface area (Å²) < 4.78 is 3.24. The number of hydrogen-bond donors (Lipinski definition) is 1. The Hall–Kier alpha value is -0.880. The van der Waals surface area contributed by atoms with Crippen molar-refractivity contribution in [3.63, 3.8) is 0 Å². The van der Waals surface area contributed by atoms with E-state index in [1.54, 1.807) is 0 Å². The van der Waals surface area contributed by atoms with Crippen molar-refractivity contribution in [1.29, 1.82) is 0 Å². The molecule has 2 rings (SSSR count). The van der Waals surface area contributed by atoms with E-state index in [9.17, 15) is 0 Å². The molecule has 0 aliphatic rings. The molecule has 0 radical (unpaired) electrons. The number of nitrogens with one attached hydrogen (secondary N) is 1. The van der Waals surface area contributed by atoms with Gasteiger partial charge < -0.3 is 5.32 Å². The van der Waals surface area contributed by atoms with E-state index in [0.29, 0.717) is 0 Å². The molecule has 90 valence electrons. The van der Waals surface area contributed by atoms with Crippen molar-refractivity contribution in [3.8, 4) is 0 Å². The van der Waals surface area contributed by atoms with Crippen LogP contribution in [0.3, 0.4) is 0 Å². The number of aromatic nitrogens is 2. The minimum atomic E-state index is 0.836. The minimum Gasteiger partial charge on any atom is -0.311 e. The van der Waals surface area contributed by atoms with Crippen LogP contribution >= 0.6 is 22.6 Å². The van der Waals surface area contributed by atoms with Crippen LogP contribution in [0.15, 0.2) is 36.5 Å². The molecule has 0 aliphatic heterocycles. The summed E-state index contributed by atoms with van der Waals surface area (Å²) in [5.74, 6) is 0. The molecule has 3 nitrogen and oxygen atoms in total. The van der Waals surface area contributed by atoms with Crippen LogP contribution in [-0.2, 0) is 13.1 Å². The van der Waals surface area contributed by atoms with Gasteiger partial charge in [0.05, 0.1) is 12.2 Å². The Labute approximate surface area is 115 Å². The molecule has 0 saturated heterocycles. The molecule has 0 saturated carbocycles. The van der Waals surface area contributed by atoms with Crippen LogP contribution in [0.2, 0.25) is 0 Å². The van der Waals surface area contributed by atoms with Gasteiger partial charge in [0.25, 0.3) is 0 Å². The maximum atomic E-state index is 4.52. The van der Waals surface area contributed by atoms with Gasteiger partial charge in [-0.3, -0.25) is 4.68 Å². The van der Waals surface area contributed by atoms with Crippen LogP contribution < -0.4 is 5.32 Å². The van der Waals surface area contributed by atoms with Gasteiger partial charge in [0.1, 0.15) is 0 Å². The van der Waals surface area contributed by atoms with E-state index in [0.717, 1.165) is 25.3 Å². The highest BCUT2D eigenvalue weighted by Gasteiger charge is 1.99. The standard InChI is InChI=1S/C13H16IN3/c1-2-15-9-13-7-8-17(16-13)10-11-3-5-12(14)6-4-11/h3-8,15H,2,9-10H2,1H3. The van der Waals surface area contributed by atoms with Crippen molar-refractivity contribution in [1.82, 2.24) is 15.1 Å².